The van der Waals surface area contributed by atoms with E-state index in [4.69, 9.17) is 0 Å². The van der Waals surface area contributed by atoms with E-state index < -0.39 is 0 Å². The molecule has 1 aromatic carbocycles. The monoisotopic (exact) mass is 286 g/mol. The number of hydrogen-bond donors (Lipinski definition) is 1. The van der Waals surface area contributed by atoms with E-state index in [1.54, 1.807) is 6.33 Å². The Morgan fingerprint density at radius 2 is 1.86 bits per heavy atom. The van der Waals surface area contributed by atoms with Crippen LogP contribution in [0.5, 0.6) is 0 Å². The molecule has 0 saturated heterocycles. The normalized spacial score (nSPS) is 13.4. The van der Waals surface area contributed by atoms with Crippen LogP contribution in [0.25, 0.3) is 0 Å². The van der Waals surface area contributed by atoms with Gasteiger partial charge >= 0.3 is 0 Å². The minimum Gasteiger partial charge on any atom is -0.321 e. The highest BCUT2D eigenvalue weighted by Crippen LogP contribution is 2.23. The summed E-state index contributed by atoms with van der Waals surface area (Å²) >= 11 is 0. The molecular weight excluding hydrogens is 260 g/mol. The molecule has 0 aliphatic heterocycles. The number of nitrogens with one attached hydrogen (secondary N) is 1. The predicted octanol–water partition coefficient (Wildman–Crippen LogP) is 3.01. The van der Waals surface area contributed by atoms with Crippen LogP contribution in [0.1, 0.15) is 50.7 Å². The first kappa shape index (κ1) is 15.7. The van der Waals surface area contributed by atoms with Crippen molar-refractivity contribution in [2.75, 3.05) is 6.54 Å². The Hall–Kier alpha value is -1.68. The third kappa shape index (κ3) is 4.14. The van der Waals surface area contributed by atoms with Crippen LogP contribution in [0.2, 0.25) is 0 Å². The molecule has 4 nitrogen and oxygen atoms in total. The number of aryl methyl sites for hydroxylation is 1. The summed E-state index contributed by atoms with van der Waals surface area (Å²) in [6.45, 7) is 9.82. The second-order valence-electron chi connectivity index (χ2n) is 6.66. The van der Waals surface area contributed by atoms with Crippen molar-refractivity contribution in [3.63, 3.8) is 0 Å². The van der Waals surface area contributed by atoms with E-state index in [1.807, 2.05) is 11.6 Å². The lowest BCUT2D eigenvalue weighted by molar-refractivity contribution is 0.561. The number of rotatable bonds is 5. The van der Waals surface area contributed by atoms with Crippen molar-refractivity contribution in [1.82, 2.24) is 20.1 Å². The maximum absolute atomic E-state index is 4.10. The van der Waals surface area contributed by atoms with E-state index in [9.17, 15) is 0 Å². The summed E-state index contributed by atoms with van der Waals surface area (Å²) in [6.07, 6.45) is 2.63. The highest BCUT2D eigenvalue weighted by atomic mass is 15.2. The average molecular weight is 286 g/mol. The highest BCUT2D eigenvalue weighted by Gasteiger charge is 2.14. The smallest absolute Gasteiger partial charge is 0.133 e. The summed E-state index contributed by atoms with van der Waals surface area (Å²) in [5.74, 6) is 1.01. The van der Waals surface area contributed by atoms with E-state index in [-0.39, 0.29) is 5.41 Å². The molecule has 21 heavy (non-hydrogen) atoms. The molecule has 0 spiro atoms. The standard InChI is InChI=1S/C17H26N4/c1-13(18-11-10-16-20-19-12-21(16)5)14-6-8-15(9-7-14)17(2,3)4/h6-9,12-13,18H,10-11H2,1-5H3. The molecule has 0 bridgehead atoms. The van der Waals surface area contributed by atoms with Gasteiger partial charge in [0, 0.05) is 26.1 Å². The van der Waals surface area contributed by atoms with Crippen molar-refractivity contribution >= 4 is 0 Å². The van der Waals surface area contributed by atoms with Gasteiger partial charge in [-0.15, -0.1) is 10.2 Å². The van der Waals surface area contributed by atoms with Crippen molar-refractivity contribution in [2.45, 2.75) is 45.6 Å². The quantitative estimate of drug-likeness (QED) is 0.919. The van der Waals surface area contributed by atoms with Gasteiger partial charge < -0.3 is 9.88 Å². The lowest BCUT2D eigenvalue weighted by atomic mass is 9.86. The van der Waals surface area contributed by atoms with Gasteiger partial charge in [0.15, 0.2) is 0 Å². The first-order valence-electron chi connectivity index (χ1n) is 7.54. The van der Waals surface area contributed by atoms with Crippen molar-refractivity contribution in [3.8, 4) is 0 Å². The van der Waals surface area contributed by atoms with Gasteiger partial charge in [0.25, 0.3) is 0 Å². The maximum Gasteiger partial charge on any atom is 0.133 e. The average Bonchev–Trinajstić information content (AvgIpc) is 2.83. The van der Waals surface area contributed by atoms with Gasteiger partial charge in [-0.2, -0.15) is 0 Å². The van der Waals surface area contributed by atoms with E-state index >= 15 is 0 Å². The summed E-state index contributed by atoms with van der Waals surface area (Å²) in [5, 5.41) is 11.5. The van der Waals surface area contributed by atoms with Crippen molar-refractivity contribution in [3.05, 3.63) is 47.5 Å². The second-order valence-corrected chi connectivity index (χ2v) is 6.66. The Morgan fingerprint density at radius 3 is 2.38 bits per heavy atom. The Balaban J connectivity index is 1.88. The van der Waals surface area contributed by atoms with Crippen molar-refractivity contribution in [2.24, 2.45) is 7.05 Å². The number of hydrogen-bond acceptors (Lipinski definition) is 3. The van der Waals surface area contributed by atoms with Crippen LogP contribution < -0.4 is 5.32 Å². The fourth-order valence-electron chi connectivity index (χ4n) is 2.32. The zero-order valence-electron chi connectivity index (χ0n) is 13.7. The molecule has 1 unspecified atom stereocenters. The molecule has 1 aromatic heterocycles. The summed E-state index contributed by atoms with van der Waals surface area (Å²) in [6, 6.07) is 9.25. The fraction of sp³-hybridized carbons (Fsp3) is 0.529. The molecule has 2 rings (SSSR count). The van der Waals surface area contributed by atoms with Crippen LogP contribution in [0, 0.1) is 0 Å². The topological polar surface area (TPSA) is 42.7 Å². The number of benzene rings is 1. The molecule has 0 radical (unpaired) electrons. The summed E-state index contributed by atoms with van der Waals surface area (Å²) in [4.78, 5) is 0. The minimum atomic E-state index is 0.209. The number of aromatic nitrogens is 3. The molecule has 1 N–H and O–H groups in total. The zero-order valence-corrected chi connectivity index (χ0v) is 13.7. The van der Waals surface area contributed by atoms with Gasteiger partial charge in [-0.05, 0) is 23.5 Å². The highest BCUT2D eigenvalue weighted by molar-refractivity contribution is 5.29. The van der Waals surface area contributed by atoms with Crippen LogP contribution >= 0.6 is 0 Å². The predicted molar refractivity (Wildman–Crippen MR) is 86.3 cm³/mol. The molecule has 2 aromatic rings. The summed E-state index contributed by atoms with van der Waals surface area (Å²) < 4.78 is 1.96. The largest absolute Gasteiger partial charge is 0.321 e. The van der Waals surface area contributed by atoms with E-state index in [1.165, 1.54) is 11.1 Å². The van der Waals surface area contributed by atoms with Gasteiger partial charge in [-0.25, -0.2) is 0 Å². The molecule has 1 atom stereocenters. The molecule has 1 heterocycles. The lowest BCUT2D eigenvalue weighted by Crippen LogP contribution is -2.22. The Kier molecular flexibility index (Phi) is 4.78. The van der Waals surface area contributed by atoms with Gasteiger partial charge in [0.1, 0.15) is 12.2 Å². The third-order valence-electron chi connectivity index (χ3n) is 3.88. The Morgan fingerprint density at radius 1 is 1.19 bits per heavy atom. The van der Waals surface area contributed by atoms with Crippen LogP contribution in [0.4, 0.5) is 0 Å². The van der Waals surface area contributed by atoms with Crippen LogP contribution in [0.15, 0.2) is 30.6 Å². The zero-order chi connectivity index (χ0) is 15.5. The van der Waals surface area contributed by atoms with Crippen LogP contribution in [0.3, 0.4) is 0 Å². The van der Waals surface area contributed by atoms with E-state index in [0.29, 0.717) is 6.04 Å². The van der Waals surface area contributed by atoms with Crippen LogP contribution in [-0.2, 0) is 18.9 Å². The molecule has 0 aliphatic carbocycles. The van der Waals surface area contributed by atoms with Gasteiger partial charge in [0.2, 0.25) is 0 Å². The van der Waals surface area contributed by atoms with Crippen molar-refractivity contribution < 1.29 is 0 Å². The molecule has 0 saturated carbocycles. The van der Waals surface area contributed by atoms with Crippen LogP contribution in [-0.4, -0.2) is 21.3 Å². The molecule has 0 fully saturated rings. The first-order valence-corrected chi connectivity index (χ1v) is 7.54. The van der Waals surface area contributed by atoms with Gasteiger partial charge in [-0.1, -0.05) is 45.0 Å². The molecule has 4 heteroatoms. The SMILES string of the molecule is CC(NCCc1nncn1C)c1ccc(C(C)(C)C)cc1. The first-order chi connectivity index (χ1) is 9.88. The summed E-state index contributed by atoms with van der Waals surface area (Å²) in [5.41, 5.74) is 2.90. The van der Waals surface area contributed by atoms with Gasteiger partial charge in [0.05, 0.1) is 0 Å². The van der Waals surface area contributed by atoms with Crippen molar-refractivity contribution in [1.29, 1.82) is 0 Å². The minimum absolute atomic E-state index is 0.209. The third-order valence-corrected chi connectivity index (χ3v) is 3.88. The Bertz CT molecular complexity index is 563. The molecular formula is C17H26N4. The number of nitrogens with zero attached hydrogens (tertiary/aromatic N) is 3. The fourth-order valence-corrected chi connectivity index (χ4v) is 2.32. The Labute approximate surface area is 127 Å². The van der Waals surface area contributed by atoms with Gasteiger partial charge in [-0.3, -0.25) is 0 Å². The molecule has 0 aliphatic rings. The van der Waals surface area contributed by atoms with E-state index in [0.717, 1.165) is 18.8 Å². The van der Waals surface area contributed by atoms with E-state index in [2.05, 4.69) is 67.5 Å². The maximum atomic E-state index is 4.10. The summed E-state index contributed by atoms with van der Waals surface area (Å²) in [7, 11) is 1.98. The molecule has 0 amide bonds. The molecule has 114 valence electrons. The second kappa shape index (κ2) is 6.39. The lowest BCUT2D eigenvalue weighted by Gasteiger charge is -2.20.